The van der Waals surface area contributed by atoms with E-state index < -0.39 is 0 Å². The molecule has 4 heteroatoms. The van der Waals surface area contributed by atoms with Gasteiger partial charge >= 0.3 is 0 Å². The summed E-state index contributed by atoms with van der Waals surface area (Å²) in [6.45, 7) is 2.84. The Morgan fingerprint density at radius 3 is 2.40 bits per heavy atom. The van der Waals surface area contributed by atoms with Gasteiger partial charge in [0.25, 0.3) is 0 Å². The van der Waals surface area contributed by atoms with E-state index in [9.17, 15) is 4.79 Å². The Labute approximate surface area is 132 Å². The van der Waals surface area contributed by atoms with Gasteiger partial charge in [-0.15, -0.1) is 0 Å². The van der Waals surface area contributed by atoms with Crippen LogP contribution in [0.4, 0.5) is 0 Å². The maximum atomic E-state index is 11.9. The van der Waals surface area contributed by atoms with Crippen LogP contribution in [0.2, 0.25) is 0 Å². The third-order valence-electron chi connectivity index (χ3n) is 3.88. The molecule has 1 aliphatic carbocycles. The molecule has 20 heavy (non-hydrogen) atoms. The average Bonchev–Trinajstić information content (AvgIpc) is 2.67. The molecule has 0 aliphatic heterocycles. The quantitative estimate of drug-likeness (QED) is 0.582. The van der Waals surface area contributed by atoms with Gasteiger partial charge in [-0.1, -0.05) is 25.7 Å². The molecule has 1 amide bonds. The van der Waals surface area contributed by atoms with Crippen LogP contribution < -0.4 is 26.9 Å². The molecule has 3 nitrogen and oxygen atoms in total. The fourth-order valence-electron chi connectivity index (χ4n) is 2.64. The number of pyridine rings is 1. The molecular formula is C16H25BrN2O. The highest BCUT2D eigenvalue weighted by Crippen LogP contribution is 2.17. The van der Waals surface area contributed by atoms with Crippen LogP contribution in [0.1, 0.15) is 50.5 Å². The summed E-state index contributed by atoms with van der Waals surface area (Å²) in [7, 11) is 0. The monoisotopic (exact) mass is 340 g/mol. The number of hydrogen-bond donors (Lipinski definition) is 1. The van der Waals surface area contributed by atoms with Crippen LogP contribution in [0.3, 0.4) is 0 Å². The number of amides is 1. The number of aryl methyl sites for hydroxylation is 2. The number of halogens is 1. The summed E-state index contributed by atoms with van der Waals surface area (Å²) in [5.74, 6) is 0.194. The molecule has 0 unspecified atom stereocenters. The predicted molar refractivity (Wildman–Crippen MR) is 75.6 cm³/mol. The van der Waals surface area contributed by atoms with Gasteiger partial charge in [0.2, 0.25) is 5.91 Å². The summed E-state index contributed by atoms with van der Waals surface area (Å²) in [6.07, 6.45) is 12.1. The van der Waals surface area contributed by atoms with E-state index in [0.29, 0.717) is 12.5 Å². The first-order valence-electron chi connectivity index (χ1n) is 7.49. The van der Waals surface area contributed by atoms with Crippen molar-refractivity contribution in [3.63, 3.8) is 0 Å². The van der Waals surface area contributed by atoms with Crippen molar-refractivity contribution < 1.29 is 26.3 Å². The Morgan fingerprint density at radius 2 is 1.80 bits per heavy atom. The van der Waals surface area contributed by atoms with Gasteiger partial charge in [0.05, 0.1) is 6.42 Å². The molecule has 112 valence electrons. The van der Waals surface area contributed by atoms with Crippen LogP contribution in [-0.2, 0) is 11.3 Å². The Balaban J connectivity index is 0.00000200. The van der Waals surface area contributed by atoms with Gasteiger partial charge in [-0.2, -0.15) is 0 Å². The van der Waals surface area contributed by atoms with Crippen LogP contribution in [-0.4, -0.2) is 11.9 Å². The lowest BCUT2D eigenvalue weighted by molar-refractivity contribution is -0.695. The van der Waals surface area contributed by atoms with E-state index >= 15 is 0 Å². The molecule has 0 atom stereocenters. The first kappa shape index (κ1) is 17.2. The van der Waals surface area contributed by atoms with Crippen molar-refractivity contribution in [2.24, 2.45) is 0 Å². The lowest BCUT2D eigenvalue weighted by Crippen LogP contribution is -3.00. The molecule has 1 aromatic rings. The second-order valence-corrected chi connectivity index (χ2v) is 5.62. The Hall–Kier alpha value is -0.900. The van der Waals surface area contributed by atoms with Gasteiger partial charge in [0.15, 0.2) is 18.9 Å². The number of carbonyl (C=O) groups is 1. The number of aromatic nitrogens is 1. The van der Waals surface area contributed by atoms with Crippen molar-refractivity contribution in [2.45, 2.75) is 64.5 Å². The number of hydrogen-bond acceptors (Lipinski definition) is 1. The van der Waals surface area contributed by atoms with Gasteiger partial charge in [0.1, 0.15) is 0 Å². The minimum absolute atomic E-state index is 0. The molecule has 1 heterocycles. The lowest BCUT2D eigenvalue weighted by atomic mass is 10.1. The molecular weight excluding hydrogens is 316 g/mol. The highest BCUT2D eigenvalue weighted by atomic mass is 79.9. The first-order chi connectivity index (χ1) is 9.24. The van der Waals surface area contributed by atoms with Gasteiger partial charge in [-0.25, -0.2) is 4.57 Å². The number of carbonyl (C=O) groups excluding carboxylic acids is 1. The summed E-state index contributed by atoms with van der Waals surface area (Å²) in [5.41, 5.74) is 1.25. The van der Waals surface area contributed by atoms with E-state index in [2.05, 4.69) is 28.9 Å². The molecule has 1 saturated carbocycles. The van der Waals surface area contributed by atoms with E-state index in [1.54, 1.807) is 0 Å². The molecule has 0 saturated heterocycles. The van der Waals surface area contributed by atoms with Crippen LogP contribution >= 0.6 is 0 Å². The third-order valence-corrected chi connectivity index (χ3v) is 3.88. The molecule has 1 aromatic heterocycles. The zero-order valence-electron chi connectivity index (χ0n) is 12.3. The van der Waals surface area contributed by atoms with E-state index in [-0.39, 0.29) is 22.9 Å². The first-order valence-corrected chi connectivity index (χ1v) is 7.49. The molecule has 0 aromatic carbocycles. The highest BCUT2D eigenvalue weighted by Gasteiger charge is 2.15. The van der Waals surface area contributed by atoms with E-state index in [0.717, 1.165) is 19.4 Å². The van der Waals surface area contributed by atoms with Crippen LogP contribution in [0.5, 0.6) is 0 Å². The maximum Gasteiger partial charge on any atom is 0.226 e. The zero-order valence-corrected chi connectivity index (χ0v) is 13.9. The maximum absolute atomic E-state index is 11.9. The molecule has 1 aliphatic rings. The highest BCUT2D eigenvalue weighted by molar-refractivity contribution is 5.75. The fourth-order valence-corrected chi connectivity index (χ4v) is 2.64. The van der Waals surface area contributed by atoms with E-state index in [4.69, 9.17) is 0 Å². The van der Waals surface area contributed by atoms with Crippen molar-refractivity contribution in [1.82, 2.24) is 5.32 Å². The largest absolute Gasteiger partial charge is 1.00 e. The molecule has 0 spiro atoms. The van der Waals surface area contributed by atoms with Crippen molar-refractivity contribution in [1.29, 1.82) is 0 Å². The molecule has 1 N–H and O–H groups in total. The van der Waals surface area contributed by atoms with Crippen molar-refractivity contribution in [3.05, 3.63) is 30.1 Å². The van der Waals surface area contributed by atoms with Crippen LogP contribution in [0.25, 0.3) is 0 Å². The number of rotatable bonds is 4. The summed E-state index contributed by atoms with van der Waals surface area (Å²) < 4.78 is 2.07. The van der Waals surface area contributed by atoms with Gasteiger partial charge in [0, 0.05) is 18.2 Å². The summed E-state index contributed by atoms with van der Waals surface area (Å²) in [4.78, 5) is 11.9. The van der Waals surface area contributed by atoms with E-state index in [1.807, 2.05) is 12.4 Å². The van der Waals surface area contributed by atoms with Gasteiger partial charge in [-0.05, 0) is 25.3 Å². The SMILES string of the molecule is Cc1cc[n+](CCC(=O)NC2CCCCCC2)cc1.[Br-]. The minimum Gasteiger partial charge on any atom is -1.00 e. The second-order valence-electron chi connectivity index (χ2n) is 5.62. The minimum atomic E-state index is 0. The predicted octanol–water partition coefficient (Wildman–Crippen LogP) is -0.484. The van der Waals surface area contributed by atoms with Crippen molar-refractivity contribution in [3.8, 4) is 0 Å². The summed E-state index contributed by atoms with van der Waals surface area (Å²) in [5, 5.41) is 3.19. The molecule has 1 fully saturated rings. The smallest absolute Gasteiger partial charge is 0.226 e. The van der Waals surface area contributed by atoms with Crippen molar-refractivity contribution >= 4 is 5.91 Å². The van der Waals surface area contributed by atoms with Crippen molar-refractivity contribution in [2.75, 3.05) is 0 Å². The zero-order chi connectivity index (χ0) is 13.5. The second kappa shape index (κ2) is 9.11. The Bertz CT molecular complexity index is 397. The average molecular weight is 341 g/mol. The number of nitrogens with one attached hydrogen (secondary N) is 1. The standard InChI is InChI=1S/C16H24N2O.BrH/c1-14-8-11-18(12-9-14)13-10-16(19)17-15-6-4-2-3-5-7-15;/h8-9,11-12,15H,2-7,10,13H2,1H3;1H. The van der Waals surface area contributed by atoms with E-state index in [1.165, 1.54) is 31.2 Å². The third kappa shape index (κ3) is 6.04. The molecule has 0 radical (unpaired) electrons. The van der Waals surface area contributed by atoms with Crippen LogP contribution in [0.15, 0.2) is 24.5 Å². The Morgan fingerprint density at radius 1 is 1.20 bits per heavy atom. The number of nitrogens with zero attached hydrogens (tertiary/aromatic N) is 1. The Kier molecular flexibility index (Phi) is 7.82. The normalized spacial score (nSPS) is 16.1. The van der Waals surface area contributed by atoms with Gasteiger partial charge < -0.3 is 22.3 Å². The summed E-state index contributed by atoms with van der Waals surface area (Å²) >= 11 is 0. The molecule has 0 bridgehead atoms. The summed E-state index contributed by atoms with van der Waals surface area (Å²) in [6, 6.07) is 4.56. The lowest BCUT2D eigenvalue weighted by Gasteiger charge is -2.15. The topological polar surface area (TPSA) is 33.0 Å². The molecule has 2 rings (SSSR count). The van der Waals surface area contributed by atoms with Crippen LogP contribution in [0, 0.1) is 6.92 Å². The van der Waals surface area contributed by atoms with Gasteiger partial charge in [-0.3, -0.25) is 4.79 Å². The fraction of sp³-hybridized carbons (Fsp3) is 0.625.